The van der Waals surface area contributed by atoms with Gasteiger partial charge in [-0.1, -0.05) is 55.8 Å². The number of benzene rings is 2. The van der Waals surface area contributed by atoms with E-state index in [1.807, 2.05) is 55.5 Å². The summed E-state index contributed by atoms with van der Waals surface area (Å²) in [6.45, 7) is 4.16. The standard InChI is InChI=1S/C17H21BO3/c1-3-9-14(2)20-16-12-7-8-13-17(16)21-18(19)15-10-5-4-6-11-15/h4-8,10-14,19H,3,9H2,1-2H3. The second kappa shape index (κ2) is 7.74. The SMILES string of the molecule is CCCC(C)Oc1ccccc1OB(O)c1ccccc1. The van der Waals surface area contributed by atoms with Crippen LogP contribution in [-0.4, -0.2) is 18.2 Å². The Kier molecular flexibility index (Phi) is 5.70. The lowest BCUT2D eigenvalue weighted by Gasteiger charge is -2.18. The summed E-state index contributed by atoms with van der Waals surface area (Å²) in [4.78, 5) is 0. The first-order chi connectivity index (χ1) is 10.2. The van der Waals surface area contributed by atoms with Crippen molar-refractivity contribution in [1.82, 2.24) is 0 Å². The van der Waals surface area contributed by atoms with Crippen molar-refractivity contribution in [3.63, 3.8) is 0 Å². The van der Waals surface area contributed by atoms with Gasteiger partial charge in [0, 0.05) is 0 Å². The van der Waals surface area contributed by atoms with Gasteiger partial charge in [-0.25, -0.2) is 0 Å². The van der Waals surface area contributed by atoms with Crippen LogP contribution >= 0.6 is 0 Å². The normalized spacial score (nSPS) is 11.8. The van der Waals surface area contributed by atoms with Gasteiger partial charge < -0.3 is 14.4 Å². The van der Waals surface area contributed by atoms with Crippen molar-refractivity contribution in [1.29, 1.82) is 0 Å². The van der Waals surface area contributed by atoms with Crippen molar-refractivity contribution < 1.29 is 14.4 Å². The molecule has 0 aliphatic rings. The molecule has 0 aliphatic heterocycles. The van der Waals surface area contributed by atoms with Gasteiger partial charge in [0.2, 0.25) is 0 Å². The summed E-state index contributed by atoms with van der Waals surface area (Å²) < 4.78 is 11.5. The van der Waals surface area contributed by atoms with E-state index in [2.05, 4.69) is 6.92 Å². The van der Waals surface area contributed by atoms with Gasteiger partial charge >= 0.3 is 7.12 Å². The molecule has 4 heteroatoms. The maximum Gasteiger partial charge on any atom is 0.560 e. The first kappa shape index (κ1) is 15.5. The molecule has 1 atom stereocenters. The Hall–Kier alpha value is -1.94. The molecule has 0 aliphatic carbocycles. The number of hydrogen-bond acceptors (Lipinski definition) is 3. The largest absolute Gasteiger partial charge is 0.560 e. The average molecular weight is 284 g/mol. The molecule has 0 saturated carbocycles. The van der Waals surface area contributed by atoms with E-state index in [0.717, 1.165) is 12.8 Å². The average Bonchev–Trinajstić information content (AvgIpc) is 2.50. The zero-order valence-electron chi connectivity index (χ0n) is 12.5. The van der Waals surface area contributed by atoms with Gasteiger partial charge in [-0.05, 0) is 30.9 Å². The molecule has 0 fully saturated rings. The fraction of sp³-hybridized carbons (Fsp3) is 0.294. The molecule has 2 aromatic rings. The Balaban J connectivity index is 2.09. The third-order valence-electron chi connectivity index (χ3n) is 3.20. The minimum absolute atomic E-state index is 0.119. The molecular formula is C17H21BO3. The zero-order valence-corrected chi connectivity index (χ0v) is 12.5. The lowest BCUT2D eigenvalue weighted by Crippen LogP contribution is -2.36. The van der Waals surface area contributed by atoms with E-state index >= 15 is 0 Å². The lowest BCUT2D eigenvalue weighted by molar-refractivity contribution is 0.204. The highest BCUT2D eigenvalue weighted by Gasteiger charge is 2.20. The van der Waals surface area contributed by atoms with Crippen LogP contribution in [0.1, 0.15) is 26.7 Å². The molecule has 21 heavy (non-hydrogen) atoms. The molecule has 0 bridgehead atoms. The molecular weight excluding hydrogens is 263 g/mol. The van der Waals surface area contributed by atoms with Crippen molar-refractivity contribution in [2.45, 2.75) is 32.8 Å². The minimum atomic E-state index is -1.00. The molecule has 0 saturated heterocycles. The van der Waals surface area contributed by atoms with Crippen LogP contribution in [0.2, 0.25) is 0 Å². The third kappa shape index (κ3) is 4.53. The van der Waals surface area contributed by atoms with Gasteiger partial charge in [0.1, 0.15) is 5.75 Å². The second-order valence-electron chi connectivity index (χ2n) is 5.04. The van der Waals surface area contributed by atoms with E-state index in [0.29, 0.717) is 17.0 Å². The molecule has 1 N–H and O–H groups in total. The van der Waals surface area contributed by atoms with Crippen LogP contribution in [0.4, 0.5) is 0 Å². The van der Waals surface area contributed by atoms with Gasteiger partial charge in [-0.15, -0.1) is 0 Å². The van der Waals surface area contributed by atoms with E-state index in [9.17, 15) is 5.02 Å². The Morgan fingerprint density at radius 3 is 2.29 bits per heavy atom. The highest BCUT2D eigenvalue weighted by atomic mass is 16.5. The fourth-order valence-electron chi connectivity index (χ4n) is 2.13. The van der Waals surface area contributed by atoms with E-state index in [-0.39, 0.29) is 6.10 Å². The molecule has 3 nitrogen and oxygen atoms in total. The summed E-state index contributed by atoms with van der Waals surface area (Å²) in [6, 6.07) is 16.7. The highest BCUT2D eigenvalue weighted by molar-refractivity contribution is 6.60. The zero-order chi connectivity index (χ0) is 15.1. The molecule has 2 rings (SSSR count). The van der Waals surface area contributed by atoms with Crippen LogP contribution in [0.3, 0.4) is 0 Å². The van der Waals surface area contributed by atoms with Gasteiger partial charge in [0.15, 0.2) is 5.75 Å². The van der Waals surface area contributed by atoms with E-state index < -0.39 is 7.12 Å². The molecule has 0 heterocycles. The predicted octanol–water partition coefficient (Wildman–Crippen LogP) is 3.02. The maximum absolute atomic E-state index is 10.2. The Morgan fingerprint density at radius 2 is 1.62 bits per heavy atom. The Bertz CT molecular complexity index is 545. The quantitative estimate of drug-likeness (QED) is 0.794. The van der Waals surface area contributed by atoms with Crippen molar-refractivity contribution >= 4 is 12.6 Å². The molecule has 0 spiro atoms. The Morgan fingerprint density at radius 1 is 1.00 bits per heavy atom. The fourth-order valence-corrected chi connectivity index (χ4v) is 2.13. The molecule has 0 radical (unpaired) electrons. The highest BCUT2D eigenvalue weighted by Crippen LogP contribution is 2.28. The van der Waals surface area contributed by atoms with Crippen molar-refractivity contribution in [3.05, 3.63) is 54.6 Å². The second-order valence-corrected chi connectivity index (χ2v) is 5.04. The molecule has 0 aromatic heterocycles. The summed E-state index contributed by atoms with van der Waals surface area (Å²) in [7, 11) is -1.00. The van der Waals surface area contributed by atoms with Crippen LogP contribution in [0.15, 0.2) is 54.6 Å². The van der Waals surface area contributed by atoms with Crippen LogP contribution in [0, 0.1) is 0 Å². The van der Waals surface area contributed by atoms with Crippen molar-refractivity contribution in [3.8, 4) is 11.5 Å². The van der Waals surface area contributed by atoms with E-state index in [4.69, 9.17) is 9.39 Å². The first-order valence-electron chi connectivity index (χ1n) is 7.36. The summed E-state index contributed by atoms with van der Waals surface area (Å²) in [5, 5.41) is 10.2. The molecule has 2 aromatic carbocycles. The minimum Gasteiger partial charge on any atom is -0.530 e. The van der Waals surface area contributed by atoms with Crippen molar-refractivity contribution in [2.75, 3.05) is 0 Å². The van der Waals surface area contributed by atoms with Crippen LogP contribution in [0.25, 0.3) is 0 Å². The number of ether oxygens (including phenoxy) is 1. The van der Waals surface area contributed by atoms with Gasteiger partial charge in [-0.3, -0.25) is 0 Å². The molecule has 110 valence electrons. The van der Waals surface area contributed by atoms with Gasteiger partial charge in [-0.2, -0.15) is 0 Å². The van der Waals surface area contributed by atoms with Crippen molar-refractivity contribution in [2.24, 2.45) is 0 Å². The van der Waals surface area contributed by atoms with Crippen LogP contribution in [-0.2, 0) is 0 Å². The lowest BCUT2D eigenvalue weighted by atomic mass is 9.79. The summed E-state index contributed by atoms with van der Waals surface area (Å²) in [5.41, 5.74) is 0.717. The number of rotatable bonds is 7. The monoisotopic (exact) mass is 284 g/mol. The molecule has 1 unspecified atom stereocenters. The number of para-hydroxylation sites is 2. The predicted molar refractivity (Wildman–Crippen MR) is 86.1 cm³/mol. The maximum atomic E-state index is 10.2. The van der Waals surface area contributed by atoms with Crippen LogP contribution in [0.5, 0.6) is 11.5 Å². The Labute approximate surface area is 126 Å². The summed E-state index contributed by atoms with van der Waals surface area (Å²) >= 11 is 0. The summed E-state index contributed by atoms with van der Waals surface area (Å²) in [6.07, 6.45) is 2.17. The topological polar surface area (TPSA) is 38.7 Å². The first-order valence-corrected chi connectivity index (χ1v) is 7.36. The van der Waals surface area contributed by atoms with E-state index in [1.54, 1.807) is 6.07 Å². The van der Waals surface area contributed by atoms with E-state index in [1.165, 1.54) is 0 Å². The number of hydrogen-bond donors (Lipinski definition) is 1. The summed E-state index contributed by atoms with van der Waals surface area (Å²) in [5.74, 6) is 1.21. The van der Waals surface area contributed by atoms with Crippen LogP contribution < -0.4 is 14.9 Å². The molecule has 0 amide bonds. The van der Waals surface area contributed by atoms with Gasteiger partial charge in [0.25, 0.3) is 0 Å². The third-order valence-corrected chi connectivity index (χ3v) is 3.20. The smallest absolute Gasteiger partial charge is 0.530 e. The van der Waals surface area contributed by atoms with Gasteiger partial charge in [0.05, 0.1) is 6.10 Å².